The number of nitrogens with two attached hydrogens (primary N) is 1. The van der Waals surface area contributed by atoms with Crippen LogP contribution in [0.15, 0.2) is 21.5 Å². The molecule has 0 atom stereocenters. The van der Waals surface area contributed by atoms with Crippen LogP contribution in [-0.4, -0.2) is 20.9 Å². The summed E-state index contributed by atoms with van der Waals surface area (Å²) in [5.41, 5.74) is -0.326. The minimum Gasteiger partial charge on any atom is -0.352 e. The Balaban J connectivity index is 2.30. The van der Waals surface area contributed by atoms with Crippen molar-refractivity contribution in [3.8, 4) is 0 Å². The highest BCUT2D eigenvalue weighted by Crippen LogP contribution is 2.28. The third-order valence-corrected chi connectivity index (χ3v) is 4.69. The molecule has 0 aromatic heterocycles. The predicted molar refractivity (Wildman–Crippen MR) is 70.5 cm³/mol. The number of carbonyl (C=O) groups is 1. The molecule has 104 valence electrons. The van der Waals surface area contributed by atoms with E-state index in [1.807, 2.05) is 0 Å². The highest BCUT2D eigenvalue weighted by Gasteiger charge is 2.24. The lowest BCUT2D eigenvalue weighted by Crippen LogP contribution is -2.27. The highest BCUT2D eigenvalue weighted by atomic mass is 79.9. The van der Waals surface area contributed by atoms with Gasteiger partial charge in [-0.2, -0.15) is 0 Å². The molecule has 0 heterocycles. The van der Waals surface area contributed by atoms with Gasteiger partial charge in [0.1, 0.15) is 5.82 Å². The zero-order valence-corrected chi connectivity index (χ0v) is 12.2. The van der Waals surface area contributed by atoms with E-state index in [1.165, 1.54) is 0 Å². The molecule has 1 aliphatic carbocycles. The van der Waals surface area contributed by atoms with Gasteiger partial charge in [-0.1, -0.05) is 0 Å². The molecular formula is C11H12BrFN2O3S. The summed E-state index contributed by atoms with van der Waals surface area (Å²) in [7, 11) is -4.02. The summed E-state index contributed by atoms with van der Waals surface area (Å²) in [5, 5.41) is 7.57. The quantitative estimate of drug-likeness (QED) is 0.859. The lowest BCUT2D eigenvalue weighted by Gasteiger charge is -2.08. The number of sulfonamides is 1. The summed E-state index contributed by atoms with van der Waals surface area (Å²) < 4.78 is 36.3. The summed E-state index contributed by atoms with van der Waals surface area (Å²) in [5.74, 6) is -0.991. The first-order valence-corrected chi connectivity index (χ1v) is 7.93. The topological polar surface area (TPSA) is 89.3 Å². The maximum atomic E-state index is 13.7. The minimum absolute atomic E-state index is 0.00811. The Labute approximate surface area is 118 Å². The molecule has 5 nitrogen and oxygen atoms in total. The van der Waals surface area contributed by atoms with Gasteiger partial charge in [0, 0.05) is 11.0 Å². The molecular weight excluding hydrogens is 339 g/mol. The van der Waals surface area contributed by atoms with Crippen LogP contribution >= 0.6 is 15.9 Å². The van der Waals surface area contributed by atoms with Crippen LogP contribution in [0, 0.1) is 11.7 Å². The first-order valence-electron chi connectivity index (χ1n) is 5.59. The number of benzene rings is 1. The van der Waals surface area contributed by atoms with Gasteiger partial charge < -0.3 is 5.32 Å². The molecule has 2 rings (SSSR count). The average molecular weight is 351 g/mol. The largest absolute Gasteiger partial charge is 0.352 e. The number of hydrogen-bond acceptors (Lipinski definition) is 3. The van der Waals surface area contributed by atoms with E-state index in [9.17, 15) is 17.6 Å². The van der Waals surface area contributed by atoms with E-state index >= 15 is 0 Å². The molecule has 19 heavy (non-hydrogen) atoms. The maximum absolute atomic E-state index is 13.7. The lowest BCUT2D eigenvalue weighted by atomic mass is 10.2. The molecule has 1 aromatic carbocycles. The number of carbonyl (C=O) groups excluding carboxylic acids is 1. The average Bonchev–Trinajstić information content (AvgIpc) is 3.07. The van der Waals surface area contributed by atoms with Gasteiger partial charge >= 0.3 is 0 Å². The number of amides is 1. The normalized spacial score (nSPS) is 15.3. The summed E-state index contributed by atoms with van der Waals surface area (Å²) >= 11 is 2.91. The molecule has 1 amide bonds. The van der Waals surface area contributed by atoms with Crippen LogP contribution in [0.1, 0.15) is 23.2 Å². The van der Waals surface area contributed by atoms with Gasteiger partial charge in [0.05, 0.1) is 10.5 Å². The second-order valence-electron chi connectivity index (χ2n) is 4.46. The molecule has 0 saturated heterocycles. The predicted octanol–water partition coefficient (Wildman–Crippen LogP) is 1.38. The molecule has 3 N–H and O–H groups in total. The standard InChI is InChI=1S/C11H12BrFN2O3S/c12-8-4-9(13)7(3-10(8)19(14,17)18)11(16)15-5-6-1-2-6/h3-4,6H,1-2,5H2,(H,15,16)(H2,14,17,18). The number of primary sulfonamides is 1. The molecule has 1 aliphatic rings. The van der Waals surface area contributed by atoms with E-state index in [-0.39, 0.29) is 14.9 Å². The van der Waals surface area contributed by atoms with Crippen LogP contribution in [0.25, 0.3) is 0 Å². The van der Waals surface area contributed by atoms with E-state index in [0.717, 1.165) is 25.0 Å². The van der Waals surface area contributed by atoms with Gasteiger partial charge in [0.2, 0.25) is 10.0 Å². The Morgan fingerprint density at radius 2 is 2.11 bits per heavy atom. The van der Waals surface area contributed by atoms with E-state index in [1.54, 1.807) is 0 Å². The summed E-state index contributed by atoms with van der Waals surface area (Å²) in [6, 6.07) is 1.86. The molecule has 0 radical (unpaired) electrons. The van der Waals surface area contributed by atoms with Crippen LogP contribution in [0.4, 0.5) is 4.39 Å². The Hall–Kier alpha value is -0.990. The van der Waals surface area contributed by atoms with Crippen LogP contribution in [-0.2, 0) is 10.0 Å². The SMILES string of the molecule is NS(=O)(=O)c1cc(C(=O)NCC2CC2)c(F)cc1Br. The van der Waals surface area contributed by atoms with Crippen LogP contribution in [0.5, 0.6) is 0 Å². The zero-order chi connectivity index (χ0) is 14.2. The van der Waals surface area contributed by atoms with Crippen molar-refractivity contribution in [3.63, 3.8) is 0 Å². The van der Waals surface area contributed by atoms with Crippen molar-refractivity contribution < 1.29 is 17.6 Å². The third kappa shape index (κ3) is 3.52. The smallest absolute Gasteiger partial charge is 0.254 e. The minimum atomic E-state index is -4.02. The fourth-order valence-corrected chi connectivity index (χ4v) is 3.18. The molecule has 0 spiro atoms. The zero-order valence-electron chi connectivity index (χ0n) is 9.82. The number of halogens is 2. The molecule has 0 aliphatic heterocycles. The fourth-order valence-electron chi connectivity index (χ4n) is 1.58. The maximum Gasteiger partial charge on any atom is 0.254 e. The van der Waals surface area contributed by atoms with Crippen molar-refractivity contribution in [3.05, 3.63) is 28.0 Å². The Kier molecular flexibility index (Phi) is 3.93. The second kappa shape index (κ2) is 5.18. The fraction of sp³-hybridized carbons (Fsp3) is 0.364. The van der Waals surface area contributed by atoms with Crippen molar-refractivity contribution in [1.29, 1.82) is 0 Å². The van der Waals surface area contributed by atoms with Crippen LogP contribution < -0.4 is 10.5 Å². The molecule has 8 heteroatoms. The van der Waals surface area contributed by atoms with Gasteiger partial charge in [0.15, 0.2) is 0 Å². The van der Waals surface area contributed by atoms with Crippen molar-refractivity contribution in [2.24, 2.45) is 11.1 Å². The molecule has 1 fully saturated rings. The molecule has 0 unspecified atom stereocenters. The summed E-state index contributed by atoms with van der Waals surface area (Å²) in [4.78, 5) is 11.5. The first kappa shape index (κ1) is 14.4. The van der Waals surface area contributed by atoms with E-state index in [4.69, 9.17) is 5.14 Å². The van der Waals surface area contributed by atoms with Crippen molar-refractivity contribution in [2.75, 3.05) is 6.54 Å². The number of hydrogen-bond donors (Lipinski definition) is 2. The van der Waals surface area contributed by atoms with Gasteiger partial charge in [-0.05, 0) is 46.8 Å². The van der Waals surface area contributed by atoms with Gasteiger partial charge in [-0.3, -0.25) is 4.79 Å². The van der Waals surface area contributed by atoms with Crippen LogP contribution in [0.3, 0.4) is 0 Å². The number of nitrogens with one attached hydrogen (secondary N) is 1. The van der Waals surface area contributed by atoms with E-state index < -0.39 is 21.7 Å². The Morgan fingerprint density at radius 3 is 2.63 bits per heavy atom. The van der Waals surface area contributed by atoms with Crippen molar-refractivity contribution in [1.82, 2.24) is 5.32 Å². The molecule has 0 bridgehead atoms. The summed E-state index contributed by atoms with van der Waals surface area (Å²) in [6.07, 6.45) is 2.09. The van der Waals surface area contributed by atoms with Crippen LogP contribution in [0.2, 0.25) is 0 Å². The first-order chi connectivity index (χ1) is 8.79. The van der Waals surface area contributed by atoms with Gasteiger partial charge in [0.25, 0.3) is 5.91 Å². The second-order valence-corrected chi connectivity index (χ2v) is 6.85. The van der Waals surface area contributed by atoms with Gasteiger partial charge in [-0.15, -0.1) is 0 Å². The van der Waals surface area contributed by atoms with E-state index in [0.29, 0.717) is 12.5 Å². The van der Waals surface area contributed by atoms with E-state index in [2.05, 4.69) is 21.2 Å². The number of rotatable bonds is 4. The lowest BCUT2D eigenvalue weighted by molar-refractivity contribution is 0.0947. The summed E-state index contributed by atoms with van der Waals surface area (Å²) in [6.45, 7) is 0.471. The van der Waals surface area contributed by atoms with Crippen molar-refractivity contribution >= 4 is 31.9 Å². The van der Waals surface area contributed by atoms with Gasteiger partial charge in [-0.25, -0.2) is 17.9 Å². The van der Waals surface area contributed by atoms with Crippen molar-refractivity contribution in [2.45, 2.75) is 17.7 Å². The molecule has 1 aromatic rings. The Morgan fingerprint density at radius 1 is 1.47 bits per heavy atom. The highest BCUT2D eigenvalue weighted by molar-refractivity contribution is 9.10. The molecule has 1 saturated carbocycles. The Bertz CT molecular complexity index is 629. The monoisotopic (exact) mass is 350 g/mol. The third-order valence-electron chi connectivity index (χ3n) is 2.82.